The number of unbranched alkanes of at least 4 members (excludes halogenated alkanes) is 8. The van der Waals surface area contributed by atoms with Crippen LogP contribution in [0.4, 0.5) is 0 Å². The van der Waals surface area contributed by atoms with Crippen molar-refractivity contribution < 1.29 is 22.5 Å². The molecule has 0 aliphatic carbocycles. The molecular weight excluding hydrogens is 351 g/mol. The summed E-state index contributed by atoms with van der Waals surface area (Å²) >= 11 is 0. The Morgan fingerprint density at radius 1 is 0.920 bits per heavy atom. The first-order valence-corrected chi connectivity index (χ1v) is 10.1. The zero-order chi connectivity index (χ0) is 17.8. The third kappa shape index (κ3) is 10.4. The van der Waals surface area contributed by atoms with Gasteiger partial charge in [-0.15, -0.1) is 0 Å². The molecule has 0 spiro atoms. The minimum absolute atomic E-state index is 0. The zero-order valence-electron chi connectivity index (χ0n) is 15.4. The van der Waals surface area contributed by atoms with Gasteiger partial charge in [0.2, 0.25) is 0 Å². The van der Waals surface area contributed by atoms with Gasteiger partial charge < -0.3 is 5.11 Å². The van der Waals surface area contributed by atoms with Gasteiger partial charge in [0.05, 0.1) is 17.1 Å². The normalized spacial score (nSPS) is 11.1. The van der Waals surface area contributed by atoms with E-state index in [1.54, 1.807) is 0 Å². The van der Waals surface area contributed by atoms with E-state index in [0.29, 0.717) is 6.42 Å². The van der Waals surface area contributed by atoms with E-state index in [9.17, 15) is 13.2 Å². The molecule has 1 N–H and O–H groups in total. The van der Waals surface area contributed by atoms with Crippen molar-refractivity contribution in [3.63, 3.8) is 0 Å². The van der Waals surface area contributed by atoms with E-state index in [1.807, 2.05) is 0 Å². The second-order valence-electron chi connectivity index (χ2n) is 5.93. The molecule has 25 heavy (non-hydrogen) atoms. The van der Waals surface area contributed by atoms with E-state index < -0.39 is 16.1 Å². The Morgan fingerprint density at radius 3 is 1.88 bits per heavy atom. The number of carboxylic acid groups (broad SMARTS) is 1. The van der Waals surface area contributed by atoms with Gasteiger partial charge in [0, 0.05) is 29.6 Å². The van der Waals surface area contributed by atoms with Crippen LogP contribution in [-0.2, 0) is 14.3 Å². The SMILES string of the molecule is CCCCCCCCCCCOS(=O)(=O)c1ccc(C(=O)O)cc1.[Na]. The number of hydrogen-bond acceptors (Lipinski definition) is 4. The van der Waals surface area contributed by atoms with Crippen LogP contribution in [0.25, 0.3) is 0 Å². The van der Waals surface area contributed by atoms with E-state index in [0.717, 1.165) is 12.8 Å². The van der Waals surface area contributed by atoms with Crippen molar-refractivity contribution >= 4 is 45.6 Å². The van der Waals surface area contributed by atoms with Crippen LogP contribution in [0.3, 0.4) is 0 Å². The summed E-state index contributed by atoms with van der Waals surface area (Å²) in [5, 5.41) is 8.80. The predicted molar refractivity (Wildman–Crippen MR) is 99.5 cm³/mol. The number of aromatic carboxylic acids is 1. The quantitative estimate of drug-likeness (QED) is 0.315. The predicted octanol–water partition coefficient (Wildman–Crippen LogP) is 4.24. The van der Waals surface area contributed by atoms with E-state index in [4.69, 9.17) is 9.29 Å². The first kappa shape index (κ1) is 24.6. The van der Waals surface area contributed by atoms with Crippen molar-refractivity contribution in [1.29, 1.82) is 0 Å². The Hall–Kier alpha value is -0.400. The third-order valence-electron chi connectivity index (χ3n) is 3.88. The van der Waals surface area contributed by atoms with Crippen LogP contribution in [-0.4, -0.2) is 55.7 Å². The summed E-state index contributed by atoms with van der Waals surface area (Å²) in [7, 11) is -3.80. The fraction of sp³-hybridized carbons (Fsp3) is 0.611. The largest absolute Gasteiger partial charge is 0.478 e. The topological polar surface area (TPSA) is 80.7 Å². The van der Waals surface area contributed by atoms with Gasteiger partial charge in [-0.3, -0.25) is 4.18 Å². The van der Waals surface area contributed by atoms with E-state index in [1.165, 1.54) is 62.8 Å². The van der Waals surface area contributed by atoms with Gasteiger partial charge >= 0.3 is 5.97 Å². The standard InChI is InChI=1S/C18H28O5S.Na/c1-2-3-4-5-6-7-8-9-10-15-23-24(21,22)17-13-11-16(12-14-17)18(19)20;/h11-14H,2-10,15H2,1H3,(H,19,20);. The van der Waals surface area contributed by atoms with Gasteiger partial charge in [0.1, 0.15) is 0 Å². The molecule has 7 heteroatoms. The molecule has 0 amide bonds. The molecule has 1 aromatic carbocycles. The zero-order valence-corrected chi connectivity index (χ0v) is 18.2. The molecule has 0 saturated heterocycles. The van der Waals surface area contributed by atoms with Crippen molar-refractivity contribution in [3.8, 4) is 0 Å². The van der Waals surface area contributed by atoms with Crippen molar-refractivity contribution in [3.05, 3.63) is 29.8 Å². The Kier molecular flexibility index (Phi) is 13.5. The second-order valence-corrected chi connectivity index (χ2v) is 7.55. The molecule has 0 bridgehead atoms. The molecule has 1 aromatic rings. The van der Waals surface area contributed by atoms with Crippen LogP contribution in [0.2, 0.25) is 0 Å². The summed E-state index contributed by atoms with van der Waals surface area (Å²) in [5.74, 6) is -1.09. The monoisotopic (exact) mass is 379 g/mol. The maximum atomic E-state index is 12.0. The third-order valence-corrected chi connectivity index (χ3v) is 5.20. The first-order chi connectivity index (χ1) is 11.5. The Labute approximate surface area is 173 Å². The van der Waals surface area contributed by atoms with Gasteiger partial charge in [-0.1, -0.05) is 58.3 Å². The van der Waals surface area contributed by atoms with Crippen molar-refractivity contribution in [2.24, 2.45) is 0 Å². The van der Waals surface area contributed by atoms with Crippen molar-refractivity contribution in [2.75, 3.05) is 6.61 Å². The summed E-state index contributed by atoms with van der Waals surface area (Å²) in [6.07, 6.45) is 10.3. The Balaban J connectivity index is 0.00000576. The fourth-order valence-electron chi connectivity index (χ4n) is 2.41. The minimum atomic E-state index is -3.80. The second kappa shape index (κ2) is 13.8. The molecule has 0 heterocycles. The van der Waals surface area contributed by atoms with E-state index in [2.05, 4.69) is 6.92 Å². The summed E-state index contributed by atoms with van der Waals surface area (Å²) in [6.45, 7) is 2.37. The maximum absolute atomic E-state index is 12.0. The molecule has 1 rings (SSSR count). The molecule has 1 radical (unpaired) electrons. The van der Waals surface area contributed by atoms with Crippen molar-refractivity contribution in [1.82, 2.24) is 0 Å². The molecule has 0 aliphatic heterocycles. The maximum Gasteiger partial charge on any atom is 0.335 e. The van der Waals surface area contributed by atoms with Crippen LogP contribution in [0, 0.1) is 0 Å². The molecule has 137 valence electrons. The summed E-state index contributed by atoms with van der Waals surface area (Å²) in [6, 6.07) is 5.04. The summed E-state index contributed by atoms with van der Waals surface area (Å²) in [5.41, 5.74) is 0.0490. The number of carboxylic acids is 1. The first-order valence-electron chi connectivity index (χ1n) is 8.70. The number of hydrogen-bond donors (Lipinski definition) is 1. The van der Waals surface area contributed by atoms with Gasteiger partial charge in [0.25, 0.3) is 10.1 Å². The fourth-order valence-corrected chi connectivity index (χ4v) is 3.36. The average molecular weight is 379 g/mol. The molecule has 0 atom stereocenters. The Morgan fingerprint density at radius 2 is 1.40 bits per heavy atom. The van der Waals surface area contributed by atoms with Crippen LogP contribution in [0.1, 0.15) is 75.1 Å². The molecule has 0 aliphatic rings. The van der Waals surface area contributed by atoms with Crippen LogP contribution in [0.5, 0.6) is 0 Å². The number of rotatable bonds is 13. The smallest absolute Gasteiger partial charge is 0.335 e. The van der Waals surface area contributed by atoms with Crippen LogP contribution >= 0.6 is 0 Å². The summed E-state index contributed by atoms with van der Waals surface area (Å²) in [4.78, 5) is 10.7. The average Bonchev–Trinajstić information content (AvgIpc) is 2.56. The van der Waals surface area contributed by atoms with Gasteiger partial charge in [-0.05, 0) is 30.7 Å². The van der Waals surface area contributed by atoms with Gasteiger partial charge in [-0.2, -0.15) is 8.42 Å². The molecule has 0 fully saturated rings. The molecular formula is C18H28NaO5S. The minimum Gasteiger partial charge on any atom is -0.478 e. The van der Waals surface area contributed by atoms with Crippen molar-refractivity contribution in [2.45, 2.75) is 69.6 Å². The van der Waals surface area contributed by atoms with E-state index >= 15 is 0 Å². The van der Waals surface area contributed by atoms with Gasteiger partial charge in [-0.25, -0.2) is 4.79 Å². The molecule has 0 aromatic heterocycles. The molecule has 5 nitrogen and oxygen atoms in total. The Bertz CT molecular complexity index is 584. The number of carbonyl (C=O) groups is 1. The van der Waals surface area contributed by atoms with E-state index in [-0.39, 0.29) is 46.6 Å². The molecule has 0 unspecified atom stereocenters. The van der Waals surface area contributed by atoms with Gasteiger partial charge in [0.15, 0.2) is 0 Å². The van der Waals surface area contributed by atoms with Crippen LogP contribution < -0.4 is 0 Å². The summed E-state index contributed by atoms with van der Waals surface area (Å²) < 4.78 is 29.0. The molecule has 0 saturated carbocycles. The number of benzene rings is 1. The van der Waals surface area contributed by atoms with Crippen LogP contribution in [0.15, 0.2) is 29.2 Å².